The van der Waals surface area contributed by atoms with Crippen molar-refractivity contribution in [3.8, 4) is 0 Å². The zero-order valence-electron chi connectivity index (χ0n) is 24.6. The number of fused-ring (bicyclic) bond motifs is 1. The highest BCUT2D eigenvalue weighted by Crippen LogP contribution is 2.42. The summed E-state index contributed by atoms with van der Waals surface area (Å²) in [5.41, 5.74) is 1.77. The summed E-state index contributed by atoms with van der Waals surface area (Å²) in [6, 6.07) is 23.6. The maximum Gasteiger partial charge on any atom is 0.338 e. The summed E-state index contributed by atoms with van der Waals surface area (Å²) in [6.45, 7) is 2.00. The standard InChI is InChI=1S/C33H34O11S/c1-21-12-14-24(15-13-21)45(36,37)44-28-25(16-18-38-31(34)22-8-4-2-5-9-22)40-20-27(28)42-33-30-29(43-30)26(41-33)17-19-39-32(35)23-10-6-3-7-11-23/h2-15,25-30,33H,16-20H2,1H3/t25-,26-,27+,28+,29-,30-,33-/m1/s1. The molecular weight excluding hydrogens is 604 g/mol. The van der Waals surface area contributed by atoms with E-state index in [2.05, 4.69) is 0 Å². The second kappa shape index (κ2) is 13.8. The van der Waals surface area contributed by atoms with Gasteiger partial charge in [-0.3, -0.25) is 4.18 Å². The van der Waals surface area contributed by atoms with E-state index in [0.29, 0.717) is 17.5 Å². The van der Waals surface area contributed by atoms with Crippen molar-refractivity contribution >= 4 is 22.1 Å². The summed E-state index contributed by atoms with van der Waals surface area (Å²) < 4.78 is 67.1. The highest BCUT2D eigenvalue weighted by Gasteiger charge is 2.60. The molecule has 0 bridgehead atoms. The molecule has 3 fully saturated rings. The lowest BCUT2D eigenvalue weighted by Crippen LogP contribution is -2.40. The fourth-order valence-corrected chi connectivity index (χ4v) is 6.51. The Balaban J connectivity index is 1.07. The highest BCUT2D eigenvalue weighted by atomic mass is 32.2. The lowest BCUT2D eigenvalue weighted by molar-refractivity contribution is -0.206. The second-order valence-electron chi connectivity index (χ2n) is 11.1. The van der Waals surface area contributed by atoms with Crippen molar-refractivity contribution < 1.29 is 50.6 Å². The van der Waals surface area contributed by atoms with Crippen molar-refractivity contribution in [1.82, 2.24) is 0 Å². The van der Waals surface area contributed by atoms with E-state index in [4.69, 9.17) is 32.6 Å². The molecule has 0 radical (unpaired) electrons. The van der Waals surface area contributed by atoms with Crippen LogP contribution in [-0.4, -0.2) is 83.1 Å². The molecule has 3 saturated heterocycles. The molecule has 6 rings (SSSR count). The van der Waals surface area contributed by atoms with Crippen molar-refractivity contribution in [3.05, 3.63) is 102 Å². The Bertz CT molecular complexity index is 1560. The molecule has 238 valence electrons. The number of ether oxygens (including phenoxy) is 6. The first kappa shape index (κ1) is 31.3. The predicted octanol–water partition coefficient (Wildman–Crippen LogP) is 3.84. The lowest BCUT2D eigenvalue weighted by atomic mass is 10.1. The van der Waals surface area contributed by atoms with Crippen molar-refractivity contribution in [2.75, 3.05) is 19.8 Å². The molecule has 0 spiro atoms. The molecule has 11 nitrogen and oxygen atoms in total. The third-order valence-electron chi connectivity index (χ3n) is 7.86. The molecule has 3 heterocycles. The Labute approximate surface area is 261 Å². The molecule has 45 heavy (non-hydrogen) atoms. The number of epoxide rings is 1. The summed E-state index contributed by atoms with van der Waals surface area (Å²) in [5.74, 6) is -0.920. The number of carbonyl (C=O) groups is 2. The SMILES string of the molecule is Cc1ccc(S(=O)(=O)O[C@@H]2[C@@H](O[C@H]3O[C@H](CCOC(=O)c4ccccc4)[C@H]4O[C@@H]34)CO[C@@H]2CCOC(=O)c2ccccc2)cc1. The van der Waals surface area contributed by atoms with E-state index in [9.17, 15) is 18.0 Å². The molecule has 0 aromatic heterocycles. The van der Waals surface area contributed by atoms with Gasteiger partial charge in [0.1, 0.15) is 24.4 Å². The van der Waals surface area contributed by atoms with Gasteiger partial charge in [-0.1, -0.05) is 54.1 Å². The van der Waals surface area contributed by atoms with Gasteiger partial charge in [-0.2, -0.15) is 8.42 Å². The van der Waals surface area contributed by atoms with E-state index >= 15 is 0 Å². The van der Waals surface area contributed by atoms with Gasteiger partial charge >= 0.3 is 11.9 Å². The first-order valence-electron chi connectivity index (χ1n) is 14.8. The van der Waals surface area contributed by atoms with Gasteiger partial charge in [0.2, 0.25) is 0 Å². The van der Waals surface area contributed by atoms with Gasteiger partial charge in [-0.15, -0.1) is 0 Å². The third-order valence-corrected chi connectivity index (χ3v) is 9.18. The molecular formula is C33H34O11S. The largest absolute Gasteiger partial charge is 0.462 e. The third kappa shape index (κ3) is 7.60. The average molecular weight is 639 g/mol. The smallest absolute Gasteiger partial charge is 0.338 e. The van der Waals surface area contributed by atoms with Gasteiger partial charge in [0.25, 0.3) is 10.1 Å². The lowest BCUT2D eigenvalue weighted by Gasteiger charge is -2.26. The number of hydrogen-bond acceptors (Lipinski definition) is 11. The summed E-state index contributed by atoms with van der Waals surface area (Å²) in [7, 11) is -4.19. The molecule has 12 heteroatoms. The van der Waals surface area contributed by atoms with Crippen LogP contribution in [0.3, 0.4) is 0 Å². The topological polar surface area (TPSA) is 136 Å². The van der Waals surface area contributed by atoms with Crippen LogP contribution in [0.25, 0.3) is 0 Å². The second-order valence-corrected chi connectivity index (χ2v) is 12.6. The Morgan fingerprint density at radius 3 is 1.93 bits per heavy atom. The first-order valence-corrected chi connectivity index (χ1v) is 16.2. The maximum absolute atomic E-state index is 13.3. The van der Waals surface area contributed by atoms with Crippen LogP contribution in [-0.2, 0) is 42.7 Å². The van der Waals surface area contributed by atoms with E-state index in [0.717, 1.165) is 5.56 Å². The Morgan fingerprint density at radius 1 is 0.756 bits per heavy atom. The van der Waals surface area contributed by atoms with Crippen LogP contribution in [0.1, 0.15) is 39.1 Å². The van der Waals surface area contributed by atoms with Crippen LogP contribution in [0.5, 0.6) is 0 Å². The predicted molar refractivity (Wildman–Crippen MR) is 158 cm³/mol. The van der Waals surface area contributed by atoms with Gasteiger partial charge in [-0.05, 0) is 43.3 Å². The van der Waals surface area contributed by atoms with Gasteiger partial charge < -0.3 is 28.4 Å². The van der Waals surface area contributed by atoms with E-state index in [-0.39, 0.29) is 49.4 Å². The van der Waals surface area contributed by atoms with Crippen LogP contribution < -0.4 is 0 Å². The number of aryl methyl sites for hydroxylation is 1. The summed E-state index contributed by atoms with van der Waals surface area (Å²) in [5, 5.41) is 0. The van der Waals surface area contributed by atoms with Crippen molar-refractivity contribution in [2.24, 2.45) is 0 Å². The first-order chi connectivity index (χ1) is 21.8. The zero-order valence-corrected chi connectivity index (χ0v) is 25.4. The molecule has 3 aromatic carbocycles. The van der Waals surface area contributed by atoms with Crippen molar-refractivity contribution in [3.63, 3.8) is 0 Å². The number of benzene rings is 3. The minimum atomic E-state index is -4.19. The molecule has 3 aromatic rings. The fraction of sp³-hybridized carbons (Fsp3) is 0.394. The Kier molecular flexibility index (Phi) is 9.59. The van der Waals surface area contributed by atoms with Gasteiger partial charge in [0.15, 0.2) is 6.29 Å². The number of rotatable bonds is 13. The summed E-state index contributed by atoms with van der Waals surface area (Å²) in [4.78, 5) is 24.7. The summed E-state index contributed by atoms with van der Waals surface area (Å²) >= 11 is 0. The van der Waals surface area contributed by atoms with E-state index in [1.807, 2.05) is 13.0 Å². The van der Waals surface area contributed by atoms with Gasteiger partial charge in [0, 0.05) is 12.8 Å². The number of carbonyl (C=O) groups excluding carboxylic acids is 2. The molecule has 0 saturated carbocycles. The van der Waals surface area contributed by atoms with Crippen LogP contribution in [0.2, 0.25) is 0 Å². The van der Waals surface area contributed by atoms with Crippen LogP contribution in [0.15, 0.2) is 89.8 Å². The molecule has 0 N–H and O–H groups in total. The van der Waals surface area contributed by atoms with Crippen molar-refractivity contribution in [1.29, 1.82) is 0 Å². The minimum Gasteiger partial charge on any atom is -0.462 e. The Hall–Kier alpha value is -3.65. The van der Waals surface area contributed by atoms with Gasteiger partial charge in [0.05, 0.1) is 48.1 Å². The van der Waals surface area contributed by atoms with Crippen LogP contribution >= 0.6 is 0 Å². The van der Waals surface area contributed by atoms with Crippen LogP contribution in [0.4, 0.5) is 0 Å². The highest BCUT2D eigenvalue weighted by molar-refractivity contribution is 7.86. The summed E-state index contributed by atoms with van der Waals surface area (Å²) in [6.07, 6.45) is -3.76. The quantitative estimate of drug-likeness (QED) is 0.153. The van der Waals surface area contributed by atoms with Crippen molar-refractivity contribution in [2.45, 2.75) is 67.6 Å². The van der Waals surface area contributed by atoms with E-state index < -0.39 is 46.7 Å². The molecule has 0 unspecified atom stereocenters. The Morgan fingerprint density at radius 2 is 1.33 bits per heavy atom. The molecule has 0 aliphatic carbocycles. The molecule has 3 aliphatic rings. The normalized spacial score (nSPS) is 27.1. The van der Waals surface area contributed by atoms with Crippen LogP contribution in [0, 0.1) is 6.92 Å². The molecule has 3 aliphatic heterocycles. The maximum atomic E-state index is 13.3. The molecule has 7 atom stereocenters. The van der Waals surface area contributed by atoms with E-state index in [1.54, 1.807) is 66.7 Å². The number of esters is 2. The average Bonchev–Trinajstić information content (AvgIpc) is 3.67. The minimum absolute atomic E-state index is 0.000765. The zero-order chi connectivity index (χ0) is 31.4. The number of hydrogen-bond donors (Lipinski definition) is 0. The monoisotopic (exact) mass is 638 g/mol. The van der Waals surface area contributed by atoms with Gasteiger partial charge in [-0.25, -0.2) is 9.59 Å². The van der Waals surface area contributed by atoms with E-state index in [1.165, 1.54) is 12.1 Å². The molecule has 0 amide bonds. The fourth-order valence-electron chi connectivity index (χ4n) is 5.39.